The summed E-state index contributed by atoms with van der Waals surface area (Å²) in [5, 5.41) is 4.28. The largest absolute Gasteiger partial charge is 0.497 e. The lowest BCUT2D eigenvalue weighted by Crippen LogP contribution is -2.29. The van der Waals surface area contributed by atoms with E-state index >= 15 is 0 Å². The second kappa shape index (κ2) is 7.87. The minimum absolute atomic E-state index is 0.00227. The Labute approximate surface area is 177 Å². The summed E-state index contributed by atoms with van der Waals surface area (Å²) in [5.74, 6) is 0.855. The fraction of sp³-hybridized carbons (Fsp3) is 0.304. The Kier molecular flexibility index (Phi) is 5.28. The van der Waals surface area contributed by atoms with Gasteiger partial charge in [-0.3, -0.25) is 4.98 Å². The zero-order valence-corrected chi connectivity index (χ0v) is 18.0. The first kappa shape index (κ1) is 19.5. The molecule has 2 atom stereocenters. The number of pyridine rings is 1. The van der Waals surface area contributed by atoms with Gasteiger partial charge in [-0.1, -0.05) is 18.2 Å². The number of aromatic nitrogens is 2. The van der Waals surface area contributed by atoms with Gasteiger partial charge in [0.2, 0.25) is 0 Å². The second-order valence-electron chi connectivity index (χ2n) is 7.49. The smallest absolute Gasteiger partial charge is 0.170 e. The fourth-order valence-electron chi connectivity index (χ4n) is 4.03. The van der Waals surface area contributed by atoms with E-state index in [1.807, 2.05) is 30.5 Å². The molecular formula is C23H26N4OS. The van der Waals surface area contributed by atoms with E-state index in [1.54, 1.807) is 7.11 Å². The van der Waals surface area contributed by atoms with Crippen LogP contribution in [0, 0.1) is 13.8 Å². The third kappa shape index (κ3) is 3.60. The van der Waals surface area contributed by atoms with E-state index in [2.05, 4.69) is 64.9 Å². The highest BCUT2D eigenvalue weighted by molar-refractivity contribution is 7.80. The van der Waals surface area contributed by atoms with E-state index in [9.17, 15) is 0 Å². The summed E-state index contributed by atoms with van der Waals surface area (Å²) in [5.41, 5.74) is 5.95. The fourth-order valence-corrected chi connectivity index (χ4v) is 4.33. The molecule has 5 nitrogen and oxygen atoms in total. The molecule has 1 aliphatic rings. The molecule has 1 aromatic carbocycles. The van der Waals surface area contributed by atoms with Gasteiger partial charge in [0.1, 0.15) is 5.75 Å². The first-order chi connectivity index (χ1) is 14.0. The highest BCUT2D eigenvalue weighted by atomic mass is 32.1. The number of nitrogens with one attached hydrogen (secondary N) is 1. The Morgan fingerprint density at radius 3 is 2.48 bits per heavy atom. The molecule has 6 heteroatoms. The molecule has 1 N–H and O–H groups in total. The predicted octanol–water partition coefficient (Wildman–Crippen LogP) is 4.22. The third-order valence-corrected chi connectivity index (χ3v) is 6.20. The lowest BCUT2D eigenvalue weighted by Gasteiger charge is -2.28. The summed E-state index contributed by atoms with van der Waals surface area (Å²) in [4.78, 5) is 6.90. The van der Waals surface area contributed by atoms with Crippen molar-refractivity contribution >= 4 is 17.3 Å². The van der Waals surface area contributed by atoms with Crippen LogP contribution in [0.4, 0.5) is 0 Å². The van der Waals surface area contributed by atoms with Crippen molar-refractivity contribution < 1.29 is 4.74 Å². The Morgan fingerprint density at radius 1 is 1.14 bits per heavy atom. The van der Waals surface area contributed by atoms with Crippen LogP contribution in [0.3, 0.4) is 0 Å². The molecule has 4 rings (SSSR count). The molecule has 150 valence electrons. The molecule has 2 aromatic heterocycles. The average Bonchev–Trinajstić information content (AvgIpc) is 3.20. The zero-order valence-electron chi connectivity index (χ0n) is 17.2. The molecule has 0 amide bonds. The van der Waals surface area contributed by atoms with Gasteiger partial charge in [-0.25, -0.2) is 0 Å². The Bertz CT molecular complexity index is 1010. The van der Waals surface area contributed by atoms with Crippen LogP contribution in [0.15, 0.2) is 54.7 Å². The number of aryl methyl sites for hydroxylation is 1. The SMILES string of the molecule is COc1ccc(CN2C(=S)N[C@@H](c3ccccn3)[C@@H]2c2cc(C)n(C)c2C)cc1. The topological polar surface area (TPSA) is 42.3 Å². The van der Waals surface area contributed by atoms with Gasteiger partial charge < -0.3 is 19.5 Å². The summed E-state index contributed by atoms with van der Waals surface area (Å²) in [6.07, 6.45) is 1.84. The molecule has 0 radical (unpaired) electrons. The molecule has 0 bridgehead atoms. The molecule has 0 unspecified atom stereocenters. The van der Waals surface area contributed by atoms with Gasteiger partial charge in [0, 0.05) is 31.2 Å². The summed E-state index contributed by atoms with van der Waals surface area (Å²) >= 11 is 5.78. The van der Waals surface area contributed by atoms with Gasteiger partial charge in [-0.15, -0.1) is 0 Å². The van der Waals surface area contributed by atoms with Gasteiger partial charge in [0.05, 0.1) is 24.9 Å². The normalized spacial score (nSPS) is 18.8. The summed E-state index contributed by atoms with van der Waals surface area (Å²) in [7, 11) is 3.79. The second-order valence-corrected chi connectivity index (χ2v) is 7.87. The standard InChI is InChI=1S/C23H26N4OS/c1-15-13-19(16(2)26(15)3)22-21(20-7-5-6-12-24-20)25-23(29)27(22)14-17-8-10-18(28-4)11-9-17/h5-13,21-22H,14H2,1-4H3,(H,25,29)/t21-,22-/m0/s1. The van der Waals surface area contributed by atoms with Crippen molar-refractivity contribution in [3.63, 3.8) is 0 Å². The predicted molar refractivity (Wildman–Crippen MR) is 119 cm³/mol. The number of ether oxygens (including phenoxy) is 1. The number of methoxy groups -OCH3 is 1. The molecular weight excluding hydrogens is 380 g/mol. The van der Waals surface area contributed by atoms with Gasteiger partial charge in [0.25, 0.3) is 0 Å². The molecule has 0 saturated carbocycles. The van der Waals surface area contributed by atoms with Crippen molar-refractivity contribution in [3.8, 4) is 5.75 Å². The van der Waals surface area contributed by atoms with E-state index in [0.29, 0.717) is 0 Å². The van der Waals surface area contributed by atoms with Crippen LogP contribution in [0.25, 0.3) is 0 Å². The van der Waals surface area contributed by atoms with Gasteiger partial charge >= 0.3 is 0 Å². The molecule has 29 heavy (non-hydrogen) atoms. The monoisotopic (exact) mass is 406 g/mol. The van der Waals surface area contributed by atoms with Crippen LogP contribution < -0.4 is 10.1 Å². The minimum atomic E-state index is 0.00227. The maximum atomic E-state index is 5.78. The Hall–Kier alpha value is -2.86. The van der Waals surface area contributed by atoms with E-state index in [1.165, 1.54) is 22.5 Å². The maximum absolute atomic E-state index is 5.78. The summed E-state index contributed by atoms with van der Waals surface area (Å²) < 4.78 is 7.53. The molecule has 1 fully saturated rings. The lowest BCUT2D eigenvalue weighted by molar-refractivity contribution is 0.309. The van der Waals surface area contributed by atoms with Crippen LogP contribution in [0.5, 0.6) is 5.75 Å². The highest BCUT2D eigenvalue weighted by Gasteiger charge is 2.41. The average molecular weight is 407 g/mol. The van der Waals surface area contributed by atoms with E-state index in [0.717, 1.165) is 23.1 Å². The number of hydrogen-bond acceptors (Lipinski definition) is 3. The van der Waals surface area contributed by atoms with Crippen molar-refractivity contribution in [3.05, 3.63) is 82.9 Å². The molecule has 1 saturated heterocycles. The third-order valence-electron chi connectivity index (χ3n) is 5.84. The molecule has 0 spiro atoms. The molecule has 0 aliphatic carbocycles. The van der Waals surface area contributed by atoms with Crippen molar-refractivity contribution in [2.24, 2.45) is 7.05 Å². The zero-order chi connectivity index (χ0) is 20.5. The number of hydrogen-bond donors (Lipinski definition) is 1. The van der Waals surface area contributed by atoms with Crippen molar-refractivity contribution in [1.29, 1.82) is 0 Å². The van der Waals surface area contributed by atoms with Crippen molar-refractivity contribution in [2.45, 2.75) is 32.5 Å². The van der Waals surface area contributed by atoms with Crippen molar-refractivity contribution in [1.82, 2.24) is 19.8 Å². The van der Waals surface area contributed by atoms with Gasteiger partial charge in [0.15, 0.2) is 5.11 Å². The van der Waals surface area contributed by atoms with Gasteiger partial charge in [-0.05, 0) is 67.5 Å². The first-order valence-corrected chi connectivity index (χ1v) is 10.1. The van der Waals surface area contributed by atoms with Crippen molar-refractivity contribution in [2.75, 3.05) is 7.11 Å². The Morgan fingerprint density at radius 2 is 1.90 bits per heavy atom. The number of benzene rings is 1. The summed E-state index contributed by atoms with van der Waals surface area (Å²) in [6.45, 7) is 5.03. The number of rotatable bonds is 5. The molecule has 3 heterocycles. The van der Waals surface area contributed by atoms with Crippen LogP contribution in [-0.4, -0.2) is 26.7 Å². The molecule has 1 aliphatic heterocycles. The Balaban J connectivity index is 1.75. The molecule has 3 aromatic rings. The van der Waals surface area contributed by atoms with E-state index in [4.69, 9.17) is 17.0 Å². The van der Waals surface area contributed by atoms with Crippen LogP contribution in [0.1, 0.15) is 40.3 Å². The highest BCUT2D eigenvalue weighted by Crippen LogP contribution is 2.41. The van der Waals surface area contributed by atoms with Gasteiger partial charge in [-0.2, -0.15) is 0 Å². The number of nitrogens with zero attached hydrogens (tertiary/aromatic N) is 3. The van der Waals surface area contributed by atoms with Crippen LogP contribution in [-0.2, 0) is 13.6 Å². The van der Waals surface area contributed by atoms with E-state index < -0.39 is 0 Å². The number of thiocarbonyl (C=S) groups is 1. The summed E-state index contributed by atoms with van der Waals surface area (Å²) in [6, 6.07) is 16.5. The van der Waals surface area contributed by atoms with E-state index in [-0.39, 0.29) is 12.1 Å². The lowest BCUT2D eigenvalue weighted by atomic mass is 9.96. The van der Waals surface area contributed by atoms with Crippen LogP contribution >= 0.6 is 12.2 Å². The van der Waals surface area contributed by atoms with Crippen LogP contribution in [0.2, 0.25) is 0 Å². The minimum Gasteiger partial charge on any atom is -0.497 e. The first-order valence-electron chi connectivity index (χ1n) is 9.73. The maximum Gasteiger partial charge on any atom is 0.170 e. The quantitative estimate of drug-likeness (QED) is 0.643.